The van der Waals surface area contributed by atoms with Crippen LogP contribution in [0, 0.1) is 5.82 Å². The Morgan fingerprint density at radius 3 is 2.65 bits per heavy atom. The molecule has 1 aromatic heterocycles. The molecule has 0 bridgehead atoms. The fraction of sp³-hybridized carbons (Fsp3) is 0.292. The van der Waals surface area contributed by atoms with E-state index in [1.165, 1.54) is 19.2 Å². The maximum atomic E-state index is 14.2. The average molecular weight is 487 g/mol. The SMILES string of the molecule is COCCCN1C(=O)NC(c2ccc(Cl)cc2)C(c2nc(-c3ccc(OC)c(F)c3)no2)=C1C. The highest BCUT2D eigenvalue weighted by Crippen LogP contribution is 2.38. The topological polar surface area (TPSA) is 89.7 Å². The molecule has 4 rings (SSSR count). The monoisotopic (exact) mass is 486 g/mol. The number of carbonyl (C=O) groups excluding carboxylic acids is 1. The molecule has 1 aliphatic heterocycles. The zero-order chi connectivity index (χ0) is 24.2. The van der Waals surface area contributed by atoms with Crippen molar-refractivity contribution in [3.05, 3.63) is 70.5 Å². The highest BCUT2D eigenvalue weighted by Gasteiger charge is 2.35. The van der Waals surface area contributed by atoms with E-state index in [9.17, 15) is 9.18 Å². The Morgan fingerprint density at radius 1 is 1.21 bits per heavy atom. The molecule has 8 nitrogen and oxygen atoms in total. The number of aromatic nitrogens is 2. The number of benzene rings is 2. The second kappa shape index (κ2) is 10.2. The highest BCUT2D eigenvalue weighted by molar-refractivity contribution is 6.30. The molecule has 1 aliphatic rings. The van der Waals surface area contributed by atoms with Gasteiger partial charge in [-0.05, 0) is 49.2 Å². The number of carbonyl (C=O) groups is 1. The first-order valence-electron chi connectivity index (χ1n) is 10.6. The number of hydrogen-bond acceptors (Lipinski definition) is 6. The first-order valence-corrected chi connectivity index (χ1v) is 11.0. The van der Waals surface area contributed by atoms with Gasteiger partial charge in [0.1, 0.15) is 0 Å². The number of ether oxygens (including phenoxy) is 2. The summed E-state index contributed by atoms with van der Waals surface area (Å²) in [6.45, 7) is 2.80. The van der Waals surface area contributed by atoms with Crippen molar-refractivity contribution in [3.8, 4) is 17.1 Å². The minimum absolute atomic E-state index is 0.121. The van der Waals surface area contributed by atoms with Crippen molar-refractivity contribution < 1.29 is 23.2 Å². The van der Waals surface area contributed by atoms with Crippen molar-refractivity contribution in [2.45, 2.75) is 19.4 Å². The Morgan fingerprint density at radius 2 is 1.97 bits per heavy atom. The Hall–Kier alpha value is -3.43. The van der Waals surface area contributed by atoms with Crippen molar-refractivity contribution in [1.82, 2.24) is 20.4 Å². The third-order valence-corrected chi connectivity index (χ3v) is 5.85. The zero-order valence-electron chi connectivity index (χ0n) is 19.0. The number of allylic oxidation sites excluding steroid dienone is 1. The standard InChI is InChI=1S/C24H24ClFN4O4/c1-14-20(23-28-22(29-34-23)16-7-10-19(33-3)18(26)13-16)21(15-5-8-17(25)9-6-15)27-24(31)30(14)11-4-12-32-2/h5-10,13,21H,4,11-12H2,1-3H3,(H,27,31). The first kappa shape index (κ1) is 23.7. The molecule has 0 saturated carbocycles. The van der Waals surface area contributed by atoms with E-state index in [0.717, 1.165) is 5.56 Å². The number of amides is 2. The molecule has 2 heterocycles. The summed E-state index contributed by atoms with van der Waals surface area (Å²) in [5.41, 5.74) is 2.56. The Balaban J connectivity index is 1.76. The first-order chi connectivity index (χ1) is 16.4. The van der Waals surface area contributed by atoms with Gasteiger partial charge in [0, 0.05) is 36.5 Å². The van der Waals surface area contributed by atoms with Crippen molar-refractivity contribution in [2.24, 2.45) is 0 Å². The molecule has 0 aliphatic carbocycles. The van der Waals surface area contributed by atoms with Gasteiger partial charge in [0.15, 0.2) is 11.6 Å². The van der Waals surface area contributed by atoms with Gasteiger partial charge in [0.05, 0.1) is 18.7 Å². The molecule has 0 spiro atoms. The lowest BCUT2D eigenvalue weighted by Gasteiger charge is -2.35. The number of rotatable bonds is 8. The fourth-order valence-electron chi connectivity index (χ4n) is 3.86. The normalized spacial score (nSPS) is 16.1. The summed E-state index contributed by atoms with van der Waals surface area (Å²) < 4.78 is 29.9. The molecular formula is C24H24ClFN4O4. The number of halogens is 2. The van der Waals surface area contributed by atoms with Crippen LogP contribution in [0.25, 0.3) is 17.0 Å². The van der Waals surface area contributed by atoms with Crippen molar-refractivity contribution in [2.75, 3.05) is 27.4 Å². The van der Waals surface area contributed by atoms with Gasteiger partial charge in [0.2, 0.25) is 5.82 Å². The second-order valence-electron chi connectivity index (χ2n) is 7.70. The van der Waals surface area contributed by atoms with Crippen LogP contribution in [0.4, 0.5) is 9.18 Å². The van der Waals surface area contributed by atoms with Gasteiger partial charge in [-0.25, -0.2) is 9.18 Å². The molecular weight excluding hydrogens is 463 g/mol. The molecule has 178 valence electrons. The molecule has 0 fully saturated rings. The van der Waals surface area contributed by atoms with E-state index in [1.54, 1.807) is 30.2 Å². The fourth-order valence-corrected chi connectivity index (χ4v) is 3.98. The largest absolute Gasteiger partial charge is 0.494 e. The lowest BCUT2D eigenvalue weighted by atomic mass is 9.94. The minimum atomic E-state index is -0.538. The van der Waals surface area contributed by atoms with Gasteiger partial charge in [-0.2, -0.15) is 4.98 Å². The van der Waals surface area contributed by atoms with E-state index in [2.05, 4.69) is 15.5 Å². The maximum Gasteiger partial charge on any atom is 0.322 e. The van der Waals surface area contributed by atoms with Gasteiger partial charge >= 0.3 is 6.03 Å². The molecule has 3 aromatic rings. The van der Waals surface area contributed by atoms with Crippen molar-refractivity contribution in [3.63, 3.8) is 0 Å². The summed E-state index contributed by atoms with van der Waals surface area (Å²) >= 11 is 6.06. The van der Waals surface area contributed by atoms with E-state index >= 15 is 0 Å². The third kappa shape index (κ3) is 4.76. The number of hydrogen-bond donors (Lipinski definition) is 1. The molecule has 34 heavy (non-hydrogen) atoms. The zero-order valence-corrected chi connectivity index (χ0v) is 19.7. The molecule has 2 aromatic carbocycles. The van der Waals surface area contributed by atoms with Crippen LogP contribution in [0.3, 0.4) is 0 Å². The Labute approximate surface area is 201 Å². The highest BCUT2D eigenvalue weighted by atomic mass is 35.5. The number of nitrogens with one attached hydrogen (secondary N) is 1. The average Bonchev–Trinajstić information content (AvgIpc) is 3.31. The molecule has 0 saturated heterocycles. The lowest BCUT2D eigenvalue weighted by molar-refractivity contribution is 0.174. The molecule has 1 N–H and O–H groups in total. The number of nitrogens with zero attached hydrogens (tertiary/aromatic N) is 3. The smallest absolute Gasteiger partial charge is 0.322 e. The molecule has 1 atom stereocenters. The van der Waals surface area contributed by atoms with Crippen LogP contribution in [-0.4, -0.2) is 48.4 Å². The molecule has 10 heteroatoms. The molecule has 1 unspecified atom stereocenters. The van der Waals surface area contributed by atoms with Crippen LogP contribution in [0.5, 0.6) is 5.75 Å². The maximum absolute atomic E-state index is 14.2. The van der Waals surface area contributed by atoms with Crippen LogP contribution >= 0.6 is 11.6 Å². The summed E-state index contributed by atoms with van der Waals surface area (Å²) in [5, 5.41) is 7.66. The summed E-state index contributed by atoms with van der Waals surface area (Å²) in [5.74, 6) is 0.0283. The third-order valence-electron chi connectivity index (χ3n) is 5.60. The van der Waals surface area contributed by atoms with Crippen LogP contribution in [0.1, 0.15) is 30.8 Å². The molecule has 2 amide bonds. The summed E-state index contributed by atoms with van der Waals surface area (Å²) in [6.07, 6.45) is 0.653. The van der Waals surface area contributed by atoms with Gasteiger partial charge in [-0.1, -0.05) is 28.9 Å². The Kier molecular flexibility index (Phi) is 7.14. The van der Waals surface area contributed by atoms with Crippen molar-refractivity contribution >= 4 is 23.2 Å². The summed E-state index contributed by atoms with van der Waals surface area (Å²) in [4.78, 5) is 19.1. The quantitative estimate of drug-likeness (QED) is 0.447. The van der Waals surface area contributed by atoms with Gasteiger partial charge < -0.3 is 19.3 Å². The van der Waals surface area contributed by atoms with E-state index in [-0.39, 0.29) is 23.5 Å². The van der Waals surface area contributed by atoms with Crippen molar-refractivity contribution in [1.29, 1.82) is 0 Å². The predicted octanol–water partition coefficient (Wildman–Crippen LogP) is 5.07. The van der Waals surface area contributed by atoms with E-state index in [1.807, 2.05) is 19.1 Å². The van der Waals surface area contributed by atoms with E-state index in [4.69, 9.17) is 25.6 Å². The number of methoxy groups -OCH3 is 2. The second-order valence-corrected chi connectivity index (χ2v) is 8.14. The number of urea groups is 1. The van der Waals surface area contributed by atoms with Crippen LogP contribution in [0.2, 0.25) is 5.02 Å². The Bertz CT molecular complexity index is 1210. The van der Waals surface area contributed by atoms with Crippen LogP contribution in [-0.2, 0) is 4.74 Å². The van der Waals surface area contributed by atoms with Crippen LogP contribution in [0.15, 0.2) is 52.7 Å². The van der Waals surface area contributed by atoms with E-state index in [0.29, 0.717) is 41.4 Å². The summed E-state index contributed by atoms with van der Waals surface area (Å²) in [7, 11) is 3.01. The van der Waals surface area contributed by atoms with Gasteiger partial charge in [-0.15, -0.1) is 0 Å². The lowest BCUT2D eigenvalue weighted by Crippen LogP contribution is -2.46. The summed E-state index contributed by atoms with van der Waals surface area (Å²) in [6, 6.07) is 10.8. The predicted molar refractivity (Wildman–Crippen MR) is 125 cm³/mol. The van der Waals surface area contributed by atoms with Gasteiger partial charge in [0.25, 0.3) is 5.89 Å². The van der Waals surface area contributed by atoms with E-state index < -0.39 is 11.9 Å². The minimum Gasteiger partial charge on any atom is -0.494 e. The molecule has 0 radical (unpaired) electrons. The van der Waals surface area contributed by atoms with Crippen LogP contribution < -0.4 is 10.1 Å². The van der Waals surface area contributed by atoms with Gasteiger partial charge in [-0.3, -0.25) is 4.90 Å².